The lowest BCUT2D eigenvalue weighted by molar-refractivity contribution is -0.116. The van der Waals surface area contributed by atoms with Crippen LogP contribution in [0.15, 0.2) is 11.6 Å². The lowest BCUT2D eigenvalue weighted by Crippen LogP contribution is -2.06. The Bertz CT molecular complexity index is 179. The van der Waals surface area contributed by atoms with Crippen molar-refractivity contribution < 1.29 is 4.79 Å². The number of hydrogen-bond acceptors (Lipinski definition) is 1. The van der Waals surface area contributed by atoms with Crippen LogP contribution in [-0.4, -0.2) is 5.78 Å². The number of hydrogen-bond donors (Lipinski definition) is 0. The van der Waals surface area contributed by atoms with Crippen molar-refractivity contribution in [2.75, 3.05) is 0 Å². The second-order valence-electron chi connectivity index (χ2n) is 3.50. The number of ketones is 1. The summed E-state index contributed by atoms with van der Waals surface area (Å²) in [6.45, 7) is 2.19. The molecule has 0 amide bonds. The van der Waals surface area contributed by atoms with Crippen LogP contribution in [0.25, 0.3) is 0 Å². The number of rotatable bonds is 4. The summed E-state index contributed by atoms with van der Waals surface area (Å²) in [7, 11) is 0. The van der Waals surface area contributed by atoms with Crippen LogP contribution in [0.5, 0.6) is 0 Å². The highest BCUT2D eigenvalue weighted by molar-refractivity contribution is 5.95. The van der Waals surface area contributed by atoms with Crippen LogP contribution in [0.4, 0.5) is 0 Å². The maximum atomic E-state index is 11.3. The summed E-state index contributed by atoms with van der Waals surface area (Å²) < 4.78 is 0. The smallest absolute Gasteiger partial charge is 0.158 e. The minimum absolute atomic E-state index is 0.400. The van der Waals surface area contributed by atoms with Crippen molar-refractivity contribution in [3.63, 3.8) is 0 Å². The van der Waals surface area contributed by atoms with Gasteiger partial charge in [-0.2, -0.15) is 0 Å². The molecule has 1 aliphatic carbocycles. The summed E-state index contributed by atoms with van der Waals surface area (Å²) in [5.74, 6) is 0.400. The van der Waals surface area contributed by atoms with Crippen molar-refractivity contribution in [2.24, 2.45) is 0 Å². The fourth-order valence-corrected chi connectivity index (χ4v) is 1.62. The molecule has 0 radical (unpaired) electrons. The molecule has 0 N–H and O–H groups in total. The molecule has 1 rings (SSSR count). The molecule has 12 heavy (non-hydrogen) atoms. The molecule has 0 spiro atoms. The molecule has 0 saturated heterocycles. The molecule has 1 aliphatic rings. The van der Waals surface area contributed by atoms with E-state index in [1.807, 2.05) is 0 Å². The molecule has 0 heterocycles. The third-order valence-electron chi connectivity index (χ3n) is 2.41. The number of Topliss-reactive ketones (excluding diaryl/α,β-unsaturated/α-hetero) is 1. The predicted octanol–water partition coefficient (Wildman–Crippen LogP) is 3.25. The summed E-state index contributed by atoms with van der Waals surface area (Å²) in [4.78, 5) is 11.3. The van der Waals surface area contributed by atoms with E-state index in [1.165, 1.54) is 19.3 Å². The summed E-state index contributed by atoms with van der Waals surface area (Å²) in [5.41, 5.74) is 1.11. The second kappa shape index (κ2) is 5.13. The largest absolute Gasteiger partial charge is 0.295 e. The van der Waals surface area contributed by atoms with Crippen LogP contribution in [0.2, 0.25) is 0 Å². The Labute approximate surface area is 74.9 Å². The summed E-state index contributed by atoms with van der Waals surface area (Å²) in [5, 5.41) is 0. The van der Waals surface area contributed by atoms with Gasteiger partial charge in [0.15, 0.2) is 5.78 Å². The summed E-state index contributed by atoms with van der Waals surface area (Å²) >= 11 is 0. The Morgan fingerprint density at radius 3 is 2.92 bits per heavy atom. The Balaban J connectivity index is 2.29. The first-order valence-electron chi connectivity index (χ1n) is 5.07. The maximum absolute atomic E-state index is 11.3. The average Bonchev–Trinajstić information content (AvgIpc) is 2.09. The first-order valence-corrected chi connectivity index (χ1v) is 5.07. The Morgan fingerprint density at radius 1 is 1.42 bits per heavy atom. The van der Waals surface area contributed by atoms with Gasteiger partial charge in [-0.3, -0.25) is 4.79 Å². The van der Waals surface area contributed by atoms with Gasteiger partial charge in [-0.15, -0.1) is 0 Å². The molecular formula is C11H18O. The standard InChI is InChI=1S/C11H18O/c1-2-3-4-7-10-8-5-6-9-11(10)12/h8H,2-7,9H2,1H3. The zero-order chi connectivity index (χ0) is 8.81. The minimum atomic E-state index is 0.400. The van der Waals surface area contributed by atoms with E-state index in [4.69, 9.17) is 0 Å². The van der Waals surface area contributed by atoms with Crippen LogP contribution >= 0.6 is 0 Å². The van der Waals surface area contributed by atoms with Gasteiger partial charge >= 0.3 is 0 Å². The van der Waals surface area contributed by atoms with Crippen LogP contribution in [0, 0.1) is 0 Å². The molecule has 0 bridgehead atoms. The van der Waals surface area contributed by atoms with Gasteiger partial charge in [0.1, 0.15) is 0 Å². The van der Waals surface area contributed by atoms with Crippen LogP contribution in [0.3, 0.4) is 0 Å². The normalized spacial score (nSPS) is 17.8. The topological polar surface area (TPSA) is 17.1 Å². The molecule has 0 fully saturated rings. The van der Waals surface area contributed by atoms with Crippen molar-refractivity contribution in [1.29, 1.82) is 0 Å². The van der Waals surface area contributed by atoms with Crippen molar-refractivity contribution >= 4 is 5.78 Å². The quantitative estimate of drug-likeness (QED) is 0.586. The minimum Gasteiger partial charge on any atom is -0.295 e. The number of carbonyl (C=O) groups is 1. The molecule has 0 aliphatic heterocycles. The highest BCUT2D eigenvalue weighted by Crippen LogP contribution is 2.19. The van der Waals surface area contributed by atoms with Gasteiger partial charge in [-0.1, -0.05) is 25.8 Å². The van der Waals surface area contributed by atoms with E-state index < -0.39 is 0 Å². The number of unbranched alkanes of at least 4 members (excludes halogenated alkanes) is 2. The average molecular weight is 166 g/mol. The highest BCUT2D eigenvalue weighted by atomic mass is 16.1. The molecule has 0 aromatic carbocycles. The fourth-order valence-electron chi connectivity index (χ4n) is 1.62. The van der Waals surface area contributed by atoms with Crippen LogP contribution in [0.1, 0.15) is 51.9 Å². The molecular weight excluding hydrogens is 148 g/mol. The first kappa shape index (κ1) is 9.50. The SMILES string of the molecule is CCCCCC1=CCCCC1=O. The van der Waals surface area contributed by atoms with E-state index >= 15 is 0 Å². The van der Waals surface area contributed by atoms with Crippen molar-refractivity contribution in [1.82, 2.24) is 0 Å². The van der Waals surface area contributed by atoms with Gasteiger partial charge in [-0.05, 0) is 31.3 Å². The number of allylic oxidation sites excluding steroid dienone is 2. The molecule has 0 atom stereocenters. The van der Waals surface area contributed by atoms with E-state index in [2.05, 4.69) is 13.0 Å². The van der Waals surface area contributed by atoms with Gasteiger partial charge < -0.3 is 0 Å². The first-order chi connectivity index (χ1) is 5.84. The predicted molar refractivity (Wildman–Crippen MR) is 51.1 cm³/mol. The lowest BCUT2D eigenvalue weighted by Gasteiger charge is -2.10. The highest BCUT2D eigenvalue weighted by Gasteiger charge is 2.11. The van der Waals surface area contributed by atoms with E-state index in [-0.39, 0.29) is 0 Å². The molecule has 1 nitrogen and oxygen atoms in total. The lowest BCUT2D eigenvalue weighted by atomic mass is 9.94. The van der Waals surface area contributed by atoms with Crippen molar-refractivity contribution in [3.05, 3.63) is 11.6 Å². The summed E-state index contributed by atoms with van der Waals surface area (Å²) in [6, 6.07) is 0. The van der Waals surface area contributed by atoms with Crippen LogP contribution < -0.4 is 0 Å². The van der Waals surface area contributed by atoms with Gasteiger partial charge in [-0.25, -0.2) is 0 Å². The molecule has 68 valence electrons. The van der Waals surface area contributed by atoms with E-state index in [0.717, 1.165) is 31.3 Å². The molecule has 0 unspecified atom stereocenters. The second-order valence-corrected chi connectivity index (χ2v) is 3.50. The van der Waals surface area contributed by atoms with Gasteiger partial charge in [0, 0.05) is 6.42 Å². The van der Waals surface area contributed by atoms with Crippen molar-refractivity contribution in [3.8, 4) is 0 Å². The maximum Gasteiger partial charge on any atom is 0.158 e. The van der Waals surface area contributed by atoms with E-state index in [0.29, 0.717) is 5.78 Å². The van der Waals surface area contributed by atoms with Gasteiger partial charge in [0.05, 0.1) is 0 Å². The van der Waals surface area contributed by atoms with Crippen molar-refractivity contribution in [2.45, 2.75) is 51.9 Å². The number of carbonyl (C=O) groups excluding carboxylic acids is 1. The Morgan fingerprint density at radius 2 is 2.25 bits per heavy atom. The Hall–Kier alpha value is -0.590. The molecule has 0 saturated carbocycles. The zero-order valence-corrected chi connectivity index (χ0v) is 7.94. The molecule has 0 aromatic rings. The van der Waals surface area contributed by atoms with E-state index in [1.54, 1.807) is 0 Å². The third-order valence-corrected chi connectivity index (χ3v) is 2.41. The van der Waals surface area contributed by atoms with Gasteiger partial charge in [0.25, 0.3) is 0 Å². The van der Waals surface area contributed by atoms with Crippen LogP contribution in [-0.2, 0) is 4.79 Å². The molecule has 0 aromatic heterocycles. The van der Waals surface area contributed by atoms with E-state index in [9.17, 15) is 4.79 Å². The Kier molecular flexibility index (Phi) is 4.06. The zero-order valence-electron chi connectivity index (χ0n) is 7.94. The summed E-state index contributed by atoms with van der Waals surface area (Å²) in [6.07, 6.45) is 9.82. The third kappa shape index (κ3) is 2.80. The monoisotopic (exact) mass is 166 g/mol. The van der Waals surface area contributed by atoms with Gasteiger partial charge in [0.2, 0.25) is 0 Å². The fraction of sp³-hybridized carbons (Fsp3) is 0.727. The molecule has 1 heteroatoms.